The van der Waals surface area contributed by atoms with Gasteiger partial charge in [-0.2, -0.15) is 0 Å². The number of nitrogens with one attached hydrogen (secondary N) is 2. The first-order valence-electron chi connectivity index (χ1n) is 14.6. The van der Waals surface area contributed by atoms with Crippen LogP contribution in [0.25, 0.3) is 0 Å². The number of hydrogen-bond donors (Lipinski definition) is 2. The molecule has 1 aliphatic rings. The highest BCUT2D eigenvalue weighted by atomic mass is 32.2. The summed E-state index contributed by atoms with van der Waals surface area (Å²) in [5.74, 6) is 0.114. The van der Waals surface area contributed by atoms with Crippen LogP contribution in [0, 0.1) is 0 Å². The van der Waals surface area contributed by atoms with Crippen LogP contribution in [0.4, 0.5) is 4.79 Å². The van der Waals surface area contributed by atoms with Gasteiger partial charge in [0.05, 0.1) is 9.79 Å². The molecular formula is C32H38N2O10S2. The minimum absolute atomic E-state index is 0.0226. The zero-order valence-electron chi connectivity index (χ0n) is 26.4. The van der Waals surface area contributed by atoms with E-state index in [0.717, 1.165) is 5.56 Å². The number of ether oxygens (including phenoxy) is 4. The third kappa shape index (κ3) is 8.49. The molecule has 0 bridgehead atoms. The zero-order valence-corrected chi connectivity index (χ0v) is 28.1. The van der Waals surface area contributed by atoms with Crippen LogP contribution in [0.15, 0.2) is 70.5 Å². The number of carbonyl (C=O) groups excluding carboxylic acids is 2. The molecule has 4 rings (SSSR count). The number of rotatable bonds is 11. The molecule has 3 aromatic rings. The van der Waals surface area contributed by atoms with Crippen molar-refractivity contribution < 1.29 is 45.4 Å². The SMILES string of the molecule is CCCc1cc(S(=O)(=O)NC(=O)OC(C)(C)C)ccc1OC(C(=O)NS(=O)(=O)c1ccc(C(C)C)cc1)c1ccc2c(c1)OCO2. The minimum atomic E-state index is -4.33. The Balaban J connectivity index is 1.68. The van der Waals surface area contributed by atoms with E-state index in [1.54, 1.807) is 45.0 Å². The predicted molar refractivity (Wildman–Crippen MR) is 169 cm³/mol. The van der Waals surface area contributed by atoms with Crippen molar-refractivity contribution in [2.45, 2.75) is 81.8 Å². The van der Waals surface area contributed by atoms with Crippen LogP contribution < -0.4 is 23.7 Å². The maximum absolute atomic E-state index is 13.7. The molecule has 0 saturated heterocycles. The lowest BCUT2D eigenvalue weighted by Gasteiger charge is -2.22. The Morgan fingerprint density at radius 2 is 1.43 bits per heavy atom. The van der Waals surface area contributed by atoms with Crippen molar-refractivity contribution in [3.8, 4) is 17.2 Å². The lowest BCUT2D eigenvalue weighted by molar-refractivity contribution is -0.126. The van der Waals surface area contributed by atoms with E-state index in [2.05, 4.69) is 4.72 Å². The Morgan fingerprint density at radius 3 is 2.07 bits per heavy atom. The third-order valence-electron chi connectivity index (χ3n) is 6.75. The number of carbonyl (C=O) groups is 2. The first-order valence-corrected chi connectivity index (χ1v) is 17.6. The molecule has 248 valence electrons. The summed E-state index contributed by atoms with van der Waals surface area (Å²) in [5, 5.41) is 0. The molecule has 0 fully saturated rings. The average Bonchev–Trinajstić information content (AvgIpc) is 3.43. The van der Waals surface area contributed by atoms with Crippen LogP contribution in [-0.2, 0) is 36.0 Å². The molecule has 12 nitrogen and oxygen atoms in total. The van der Waals surface area contributed by atoms with Crippen molar-refractivity contribution in [2.75, 3.05) is 6.79 Å². The number of fused-ring (bicyclic) bond motifs is 1. The van der Waals surface area contributed by atoms with E-state index in [0.29, 0.717) is 29.9 Å². The van der Waals surface area contributed by atoms with Gasteiger partial charge in [-0.05, 0) is 86.7 Å². The molecule has 2 amide bonds. The smallest absolute Gasteiger partial charge is 0.421 e. The van der Waals surface area contributed by atoms with E-state index < -0.39 is 43.8 Å². The Labute approximate surface area is 269 Å². The van der Waals surface area contributed by atoms with Crippen molar-refractivity contribution in [3.63, 3.8) is 0 Å². The molecule has 0 spiro atoms. The summed E-state index contributed by atoms with van der Waals surface area (Å²) >= 11 is 0. The molecule has 46 heavy (non-hydrogen) atoms. The first kappa shape index (κ1) is 34.6. The summed E-state index contributed by atoms with van der Waals surface area (Å²) in [6.45, 7) is 10.6. The van der Waals surface area contributed by atoms with Gasteiger partial charge in [-0.25, -0.2) is 31.1 Å². The van der Waals surface area contributed by atoms with Crippen LogP contribution >= 0.6 is 0 Å². The Bertz CT molecular complexity index is 1810. The summed E-state index contributed by atoms with van der Waals surface area (Å²) in [4.78, 5) is 25.6. The molecule has 1 unspecified atom stereocenters. The van der Waals surface area contributed by atoms with Crippen molar-refractivity contribution >= 4 is 32.0 Å². The summed E-state index contributed by atoms with van der Waals surface area (Å²) in [5.41, 5.74) is 0.681. The molecule has 0 saturated carbocycles. The number of hydrogen-bond acceptors (Lipinski definition) is 10. The molecule has 0 radical (unpaired) electrons. The van der Waals surface area contributed by atoms with E-state index in [4.69, 9.17) is 18.9 Å². The molecule has 3 aromatic carbocycles. The first-order chi connectivity index (χ1) is 21.5. The van der Waals surface area contributed by atoms with Crippen LogP contribution in [0.1, 0.15) is 76.7 Å². The molecule has 2 N–H and O–H groups in total. The van der Waals surface area contributed by atoms with Gasteiger partial charge < -0.3 is 18.9 Å². The summed E-state index contributed by atoms with van der Waals surface area (Å²) in [6.07, 6.45) is -1.73. The van der Waals surface area contributed by atoms with Gasteiger partial charge in [0.1, 0.15) is 11.4 Å². The summed E-state index contributed by atoms with van der Waals surface area (Å²) < 4.78 is 78.6. The maximum atomic E-state index is 13.7. The minimum Gasteiger partial charge on any atom is -0.475 e. The second-order valence-corrected chi connectivity index (χ2v) is 15.3. The standard InChI is InChI=1S/C32H38N2O10S2/c1-7-8-22-17-25(46(39,40)34-31(36)44-32(4,5)6)14-16-26(22)43-29(23-11-15-27-28(18-23)42-19-41-27)30(35)33-45(37,38)24-12-9-21(10-13-24)20(2)3/h9-18,20,29H,7-8,19H2,1-6H3,(H,33,35)(H,34,36). The van der Waals surface area contributed by atoms with Crippen LogP contribution in [0.3, 0.4) is 0 Å². The second-order valence-electron chi connectivity index (χ2n) is 11.9. The summed E-state index contributed by atoms with van der Waals surface area (Å²) in [7, 11) is -8.62. The quantitative estimate of drug-likeness (QED) is 0.272. The molecule has 14 heteroatoms. The molecule has 0 aromatic heterocycles. The fraction of sp³-hybridized carbons (Fsp3) is 0.375. The highest BCUT2D eigenvalue weighted by Gasteiger charge is 2.31. The number of sulfonamides is 2. The van der Waals surface area contributed by atoms with E-state index in [-0.39, 0.29) is 33.8 Å². The van der Waals surface area contributed by atoms with Gasteiger partial charge in [0.15, 0.2) is 11.5 Å². The fourth-order valence-electron chi connectivity index (χ4n) is 4.52. The Morgan fingerprint density at radius 1 is 0.826 bits per heavy atom. The topological polar surface area (TPSA) is 163 Å². The van der Waals surface area contributed by atoms with Crippen molar-refractivity contribution in [3.05, 3.63) is 77.4 Å². The second kappa shape index (κ2) is 13.6. The van der Waals surface area contributed by atoms with Crippen LogP contribution in [0.5, 0.6) is 17.2 Å². The number of amides is 2. The predicted octanol–water partition coefficient (Wildman–Crippen LogP) is 5.33. The van der Waals surface area contributed by atoms with Crippen LogP contribution in [-0.4, -0.2) is 41.2 Å². The fourth-order valence-corrected chi connectivity index (χ4v) is 6.43. The summed E-state index contributed by atoms with van der Waals surface area (Å²) in [6, 6.07) is 14.7. The molecular weight excluding hydrogens is 636 g/mol. The number of aryl methyl sites for hydroxylation is 1. The lowest BCUT2D eigenvalue weighted by atomic mass is 10.0. The van der Waals surface area contributed by atoms with Crippen molar-refractivity contribution in [1.29, 1.82) is 0 Å². The van der Waals surface area contributed by atoms with Crippen molar-refractivity contribution in [1.82, 2.24) is 9.44 Å². The van der Waals surface area contributed by atoms with Gasteiger partial charge in [0, 0.05) is 5.56 Å². The highest BCUT2D eigenvalue weighted by molar-refractivity contribution is 7.90. The van der Waals surface area contributed by atoms with Gasteiger partial charge in [0.25, 0.3) is 26.0 Å². The largest absolute Gasteiger partial charge is 0.475 e. The van der Waals surface area contributed by atoms with E-state index in [1.165, 1.54) is 36.4 Å². The van der Waals surface area contributed by atoms with E-state index in [9.17, 15) is 26.4 Å². The van der Waals surface area contributed by atoms with Gasteiger partial charge in [-0.15, -0.1) is 0 Å². The van der Waals surface area contributed by atoms with Gasteiger partial charge in [-0.3, -0.25) is 4.79 Å². The Kier molecular flexibility index (Phi) is 10.2. The molecule has 1 aliphatic heterocycles. The van der Waals surface area contributed by atoms with Crippen molar-refractivity contribution in [2.24, 2.45) is 0 Å². The van der Waals surface area contributed by atoms with Crippen LogP contribution in [0.2, 0.25) is 0 Å². The molecule has 1 heterocycles. The normalized spacial score (nSPS) is 13.6. The monoisotopic (exact) mass is 674 g/mol. The van der Waals surface area contributed by atoms with E-state index in [1.807, 2.05) is 25.5 Å². The van der Waals surface area contributed by atoms with E-state index >= 15 is 0 Å². The molecule has 1 atom stereocenters. The zero-order chi connectivity index (χ0) is 33.9. The third-order valence-corrected chi connectivity index (χ3v) is 9.43. The Hall–Kier alpha value is -4.30. The van der Waals surface area contributed by atoms with Gasteiger partial charge >= 0.3 is 6.09 Å². The molecule has 0 aliphatic carbocycles. The van der Waals surface area contributed by atoms with Gasteiger partial charge in [-0.1, -0.05) is 45.4 Å². The number of benzene rings is 3. The maximum Gasteiger partial charge on any atom is 0.421 e. The lowest BCUT2D eigenvalue weighted by Crippen LogP contribution is -2.37. The van der Waals surface area contributed by atoms with Gasteiger partial charge in [0.2, 0.25) is 12.9 Å². The average molecular weight is 675 g/mol. The highest BCUT2D eigenvalue weighted by Crippen LogP contribution is 2.36.